The molecule has 0 unspecified atom stereocenters. The lowest BCUT2D eigenvalue weighted by molar-refractivity contribution is -0.152. The molecular weight excluding hydrogens is 262 g/mol. The van der Waals surface area contributed by atoms with Gasteiger partial charge in [-0.3, -0.25) is 4.79 Å². The standard InChI is InChI=1S/C14H21NO5/c1-14(2,13(17)20-5)12(15)11-9(18-3)6-8(16)7-10(11)19-4/h6-7,12,16H,15H2,1-5H3/t12-/m1/s1. The van der Waals surface area contributed by atoms with E-state index in [-0.39, 0.29) is 5.75 Å². The largest absolute Gasteiger partial charge is 0.508 e. The van der Waals surface area contributed by atoms with E-state index in [1.165, 1.54) is 33.5 Å². The molecule has 0 aliphatic carbocycles. The van der Waals surface area contributed by atoms with E-state index in [0.29, 0.717) is 17.1 Å². The molecule has 1 atom stereocenters. The first-order chi connectivity index (χ1) is 9.29. The molecule has 0 amide bonds. The summed E-state index contributed by atoms with van der Waals surface area (Å²) in [6.07, 6.45) is 0. The summed E-state index contributed by atoms with van der Waals surface area (Å²) in [5.41, 5.74) is 5.73. The highest BCUT2D eigenvalue weighted by Gasteiger charge is 2.39. The molecule has 0 radical (unpaired) electrons. The summed E-state index contributed by atoms with van der Waals surface area (Å²) in [6.45, 7) is 3.35. The zero-order chi connectivity index (χ0) is 15.5. The number of carbonyl (C=O) groups excluding carboxylic acids is 1. The summed E-state index contributed by atoms with van der Waals surface area (Å²) in [6, 6.07) is 2.12. The number of phenols is 1. The minimum absolute atomic E-state index is 0.00877. The molecule has 6 heteroatoms. The van der Waals surface area contributed by atoms with Crippen LogP contribution in [0.5, 0.6) is 17.2 Å². The fourth-order valence-electron chi connectivity index (χ4n) is 1.98. The average molecular weight is 283 g/mol. The van der Waals surface area contributed by atoms with Crippen LogP contribution in [-0.4, -0.2) is 32.4 Å². The molecule has 0 bridgehead atoms. The van der Waals surface area contributed by atoms with Crippen molar-refractivity contribution in [3.05, 3.63) is 17.7 Å². The van der Waals surface area contributed by atoms with E-state index in [0.717, 1.165) is 0 Å². The quantitative estimate of drug-likeness (QED) is 0.798. The summed E-state index contributed by atoms with van der Waals surface area (Å²) in [5, 5.41) is 9.63. The van der Waals surface area contributed by atoms with Gasteiger partial charge in [-0.1, -0.05) is 0 Å². The first kappa shape index (κ1) is 16.1. The molecule has 6 nitrogen and oxygen atoms in total. The highest BCUT2D eigenvalue weighted by atomic mass is 16.5. The minimum atomic E-state index is -0.980. The van der Waals surface area contributed by atoms with E-state index in [4.69, 9.17) is 19.9 Å². The van der Waals surface area contributed by atoms with E-state index in [9.17, 15) is 9.90 Å². The van der Waals surface area contributed by atoms with Crippen molar-refractivity contribution in [2.75, 3.05) is 21.3 Å². The van der Waals surface area contributed by atoms with Crippen LogP contribution in [0.1, 0.15) is 25.5 Å². The smallest absolute Gasteiger partial charge is 0.313 e. The predicted molar refractivity (Wildman–Crippen MR) is 73.9 cm³/mol. The van der Waals surface area contributed by atoms with Crippen molar-refractivity contribution < 1.29 is 24.1 Å². The van der Waals surface area contributed by atoms with Crippen molar-refractivity contribution in [2.45, 2.75) is 19.9 Å². The van der Waals surface area contributed by atoms with Crippen LogP contribution >= 0.6 is 0 Å². The number of aromatic hydroxyl groups is 1. The van der Waals surface area contributed by atoms with Crippen molar-refractivity contribution in [3.63, 3.8) is 0 Å². The lowest BCUT2D eigenvalue weighted by Crippen LogP contribution is -2.37. The second kappa shape index (κ2) is 6.00. The van der Waals surface area contributed by atoms with E-state index >= 15 is 0 Å². The molecular formula is C14H21NO5. The third-order valence-electron chi connectivity index (χ3n) is 3.33. The Hall–Kier alpha value is -1.95. The number of hydrogen-bond acceptors (Lipinski definition) is 6. The molecule has 0 spiro atoms. The van der Waals surface area contributed by atoms with E-state index in [1.807, 2.05) is 0 Å². The van der Waals surface area contributed by atoms with Crippen LogP contribution in [0.2, 0.25) is 0 Å². The lowest BCUT2D eigenvalue weighted by Gasteiger charge is -2.30. The van der Waals surface area contributed by atoms with Gasteiger partial charge in [0.1, 0.15) is 17.2 Å². The summed E-state index contributed by atoms with van der Waals surface area (Å²) in [5.74, 6) is 0.255. The SMILES string of the molecule is COC(=O)C(C)(C)[C@H](N)c1c(OC)cc(O)cc1OC. The van der Waals surface area contributed by atoms with Crippen LogP contribution in [0.15, 0.2) is 12.1 Å². The number of hydrogen-bond donors (Lipinski definition) is 2. The zero-order valence-electron chi connectivity index (χ0n) is 12.4. The Balaban J connectivity index is 3.41. The molecule has 0 aliphatic rings. The Morgan fingerprint density at radius 3 is 2.00 bits per heavy atom. The summed E-state index contributed by atoms with van der Waals surface area (Å²) in [4.78, 5) is 11.9. The number of benzene rings is 1. The summed E-state index contributed by atoms with van der Waals surface area (Å²) in [7, 11) is 4.22. The Labute approximate surface area is 118 Å². The van der Waals surface area contributed by atoms with Crippen molar-refractivity contribution in [3.8, 4) is 17.2 Å². The van der Waals surface area contributed by atoms with Gasteiger partial charge >= 0.3 is 5.97 Å². The third-order valence-corrected chi connectivity index (χ3v) is 3.33. The molecule has 20 heavy (non-hydrogen) atoms. The van der Waals surface area contributed by atoms with Crippen LogP contribution in [0, 0.1) is 5.41 Å². The number of rotatable bonds is 5. The zero-order valence-corrected chi connectivity index (χ0v) is 12.4. The van der Waals surface area contributed by atoms with Gasteiger partial charge in [0.25, 0.3) is 0 Å². The molecule has 3 N–H and O–H groups in total. The predicted octanol–water partition coefficient (Wildman–Crippen LogP) is 1.61. The maximum atomic E-state index is 11.9. The van der Waals surface area contributed by atoms with Crippen molar-refractivity contribution in [1.29, 1.82) is 0 Å². The molecule has 1 aromatic rings. The van der Waals surface area contributed by atoms with Gasteiger partial charge in [-0.15, -0.1) is 0 Å². The fraction of sp³-hybridized carbons (Fsp3) is 0.500. The molecule has 0 saturated heterocycles. The maximum absolute atomic E-state index is 11.9. The number of methoxy groups -OCH3 is 3. The first-order valence-electron chi connectivity index (χ1n) is 6.08. The second-order valence-electron chi connectivity index (χ2n) is 4.95. The Morgan fingerprint density at radius 1 is 1.20 bits per heavy atom. The molecule has 0 fully saturated rings. The molecule has 112 valence electrons. The van der Waals surface area contributed by atoms with Crippen LogP contribution in [0.3, 0.4) is 0 Å². The summed E-state index contributed by atoms with van der Waals surface area (Å²) < 4.78 is 15.2. The molecule has 0 aromatic heterocycles. The monoisotopic (exact) mass is 283 g/mol. The van der Waals surface area contributed by atoms with Crippen LogP contribution in [0.25, 0.3) is 0 Å². The van der Waals surface area contributed by atoms with Crippen LogP contribution in [0.4, 0.5) is 0 Å². The van der Waals surface area contributed by atoms with Crippen molar-refractivity contribution in [2.24, 2.45) is 11.1 Å². The third kappa shape index (κ3) is 2.80. The second-order valence-corrected chi connectivity index (χ2v) is 4.95. The lowest BCUT2D eigenvalue weighted by atomic mass is 9.80. The first-order valence-corrected chi connectivity index (χ1v) is 6.08. The Kier molecular flexibility index (Phi) is 4.83. The van der Waals surface area contributed by atoms with Gasteiger partial charge in [0.05, 0.1) is 38.3 Å². The number of ether oxygens (including phenoxy) is 3. The van der Waals surface area contributed by atoms with Crippen LogP contribution in [-0.2, 0) is 9.53 Å². The molecule has 1 rings (SSSR count). The van der Waals surface area contributed by atoms with Gasteiger partial charge in [0.15, 0.2) is 0 Å². The van der Waals surface area contributed by atoms with Crippen molar-refractivity contribution >= 4 is 5.97 Å². The molecule has 0 heterocycles. The van der Waals surface area contributed by atoms with E-state index < -0.39 is 17.4 Å². The maximum Gasteiger partial charge on any atom is 0.313 e. The van der Waals surface area contributed by atoms with Crippen LogP contribution < -0.4 is 15.2 Å². The van der Waals surface area contributed by atoms with Gasteiger partial charge in [-0.05, 0) is 13.8 Å². The van der Waals surface area contributed by atoms with Gasteiger partial charge in [0.2, 0.25) is 0 Å². The normalized spacial score (nSPS) is 12.7. The van der Waals surface area contributed by atoms with Gasteiger partial charge in [-0.25, -0.2) is 0 Å². The van der Waals surface area contributed by atoms with Crippen molar-refractivity contribution in [1.82, 2.24) is 0 Å². The highest BCUT2D eigenvalue weighted by Crippen LogP contribution is 2.43. The number of phenolic OH excluding ortho intramolecular Hbond substituents is 1. The Morgan fingerprint density at radius 2 is 1.65 bits per heavy atom. The average Bonchev–Trinajstić information content (AvgIpc) is 2.44. The fourth-order valence-corrected chi connectivity index (χ4v) is 1.98. The highest BCUT2D eigenvalue weighted by molar-refractivity contribution is 5.77. The van der Waals surface area contributed by atoms with Gasteiger partial charge < -0.3 is 25.1 Å². The molecule has 1 aromatic carbocycles. The molecule has 0 aliphatic heterocycles. The van der Waals surface area contributed by atoms with Gasteiger partial charge in [0, 0.05) is 12.1 Å². The number of esters is 1. The van der Waals surface area contributed by atoms with E-state index in [2.05, 4.69) is 0 Å². The van der Waals surface area contributed by atoms with Gasteiger partial charge in [-0.2, -0.15) is 0 Å². The summed E-state index contributed by atoms with van der Waals surface area (Å²) >= 11 is 0. The number of carbonyl (C=O) groups is 1. The Bertz CT molecular complexity index is 473. The minimum Gasteiger partial charge on any atom is -0.508 e. The molecule has 0 saturated carbocycles. The topological polar surface area (TPSA) is 91.0 Å². The van der Waals surface area contributed by atoms with E-state index in [1.54, 1.807) is 13.8 Å². The number of nitrogens with two attached hydrogens (primary N) is 1.